The number of hydrogen-bond acceptors (Lipinski definition) is 1. The summed E-state index contributed by atoms with van der Waals surface area (Å²) >= 11 is 0. The van der Waals surface area contributed by atoms with Crippen LogP contribution >= 0.6 is 0 Å². The second kappa shape index (κ2) is 3.72. The zero-order valence-corrected chi connectivity index (χ0v) is 7.12. The van der Waals surface area contributed by atoms with Gasteiger partial charge < -0.3 is 4.74 Å². The van der Waals surface area contributed by atoms with Crippen LogP contribution in [0.25, 0.3) is 0 Å². The van der Waals surface area contributed by atoms with Crippen molar-refractivity contribution in [3.05, 3.63) is 35.9 Å². The first-order valence-electron chi connectivity index (χ1n) is 4.54. The van der Waals surface area contributed by atoms with Gasteiger partial charge in [-0.1, -0.05) is 24.3 Å². The molecule has 1 aromatic rings. The van der Waals surface area contributed by atoms with Crippen molar-refractivity contribution in [2.75, 3.05) is 6.61 Å². The molecule has 0 aromatic heterocycles. The van der Waals surface area contributed by atoms with Crippen LogP contribution in [0.15, 0.2) is 24.3 Å². The van der Waals surface area contributed by atoms with Crippen LogP contribution in [-0.4, -0.2) is 6.61 Å². The van der Waals surface area contributed by atoms with E-state index in [4.69, 9.17) is 4.74 Å². The molecule has 12 heavy (non-hydrogen) atoms. The third-order valence-corrected chi connectivity index (χ3v) is 2.30. The summed E-state index contributed by atoms with van der Waals surface area (Å²) in [5.41, 5.74) is 1.30. The van der Waals surface area contributed by atoms with E-state index in [2.05, 4.69) is 18.2 Å². The molecular formula is C11H13O. The molecule has 1 nitrogen and oxygen atoms in total. The van der Waals surface area contributed by atoms with E-state index in [1.807, 2.05) is 12.1 Å². The van der Waals surface area contributed by atoms with Crippen LogP contribution in [0.4, 0.5) is 0 Å². The number of benzene rings is 1. The summed E-state index contributed by atoms with van der Waals surface area (Å²) in [4.78, 5) is 0. The molecule has 1 radical (unpaired) electrons. The number of rotatable bonds is 1. The molecule has 0 spiro atoms. The Morgan fingerprint density at radius 1 is 1.25 bits per heavy atom. The Balaban J connectivity index is 2.08. The van der Waals surface area contributed by atoms with Gasteiger partial charge >= 0.3 is 0 Å². The summed E-state index contributed by atoms with van der Waals surface area (Å²) in [5, 5.41) is 0. The molecule has 0 saturated carbocycles. The van der Waals surface area contributed by atoms with Crippen LogP contribution in [0.1, 0.15) is 30.9 Å². The quantitative estimate of drug-likeness (QED) is 0.615. The average Bonchev–Trinajstić information content (AvgIpc) is 2.21. The van der Waals surface area contributed by atoms with Gasteiger partial charge in [0.25, 0.3) is 0 Å². The predicted molar refractivity (Wildman–Crippen MR) is 47.8 cm³/mol. The van der Waals surface area contributed by atoms with Crippen LogP contribution in [0.2, 0.25) is 0 Å². The van der Waals surface area contributed by atoms with Crippen molar-refractivity contribution >= 4 is 0 Å². The van der Waals surface area contributed by atoms with Crippen molar-refractivity contribution in [1.82, 2.24) is 0 Å². The highest BCUT2D eigenvalue weighted by molar-refractivity contribution is 5.16. The number of hydrogen-bond donors (Lipinski definition) is 0. The topological polar surface area (TPSA) is 9.23 Å². The minimum atomic E-state index is 0.341. The zero-order chi connectivity index (χ0) is 8.23. The molecule has 0 N–H and O–H groups in total. The molecule has 1 heterocycles. The van der Waals surface area contributed by atoms with Crippen molar-refractivity contribution in [3.8, 4) is 0 Å². The molecule has 63 valence electrons. The molecule has 1 aliphatic rings. The molecule has 1 fully saturated rings. The summed E-state index contributed by atoms with van der Waals surface area (Å²) in [6.45, 7) is 0.920. The van der Waals surface area contributed by atoms with E-state index in [1.54, 1.807) is 0 Å². The Morgan fingerprint density at radius 3 is 2.75 bits per heavy atom. The van der Waals surface area contributed by atoms with Gasteiger partial charge in [-0.25, -0.2) is 0 Å². The van der Waals surface area contributed by atoms with E-state index in [0.29, 0.717) is 6.10 Å². The third-order valence-electron chi connectivity index (χ3n) is 2.30. The van der Waals surface area contributed by atoms with Crippen molar-refractivity contribution < 1.29 is 4.74 Å². The Bertz CT molecular complexity index is 224. The lowest BCUT2D eigenvalue weighted by molar-refractivity contribution is 0.0149. The van der Waals surface area contributed by atoms with Crippen molar-refractivity contribution in [1.29, 1.82) is 0 Å². The van der Waals surface area contributed by atoms with E-state index >= 15 is 0 Å². The highest BCUT2D eigenvalue weighted by atomic mass is 16.5. The Kier molecular flexibility index (Phi) is 2.42. The molecule has 1 aliphatic heterocycles. The van der Waals surface area contributed by atoms with Gasteiger partial charge in [0.15, 0.2) is 0 Å². The van der Waals surface area contributed by atoms with E-state index in [9.17, 15) is 0 Å². The van der Waals surface area contributed by atoms with Gasteiger partial charge in [-0.05, 0) is 30.9 Å². The maximum Gasteiger partial charge on any atom is 0.0824 e. The molecule has 1 aromatic carbocycles. The maximum absolute atomic E-state index is 5.65. The fourth-order valence-electron chi connectivity index (χ4n) is 1.62. The SMILES string of the molecule is [c]1ccc(C2CCCCO2)cc1. The van der Waals surface area contributed by atoms with E-state index in [1.165, 1.54) is 24.8 Å². The summed E-state index contributed by atoms with van der Waals surface area (Å²) in [6, 6.07) is 11.1. The maximum atomic E-state index is 5.65. The summed E-state index contributed by atoms with van der Waals surface area (Å²) < 4.78 is 5.65. The monoisotopic (exact) mass is 161 g/mol. The first-order valence-corrected chi connectivity index (χ1v) is 4.54. The van der Waals surface area contributed by atoms with Gasteiger partial charge in [0.2, 0.25) is 0 Å². The smallest absolute Gasteiger partial charge is 0.0824 e. The van der Waals surface area contributed by atoms with E-state index in [-0.39, 0.29) is 0 Å². The Labute approximate surface area is 73.4 Å². The van der Waals surface area contributed by atoms with Crippen molar-refractivity contribution in [2.24, 2.45) is 0 Å². The minimum absolute atomic E-state index is 0.341. The summed E-state index contributed by atoms with van der Waals surface area (Å²) in [6.07, 6.45) is 4.02. The molecule has 1 saturated heterocycles. The van der Waals surface area contributed by atoms with Gasteiger partial charge in [-0.3, -0.25) is 0 Å². The summed E-state index contributed by atoms with van der Waals surface area (Å²) in [5.74, 6) is 0. The molecule has 2 rings (SSSR count). The van der Waals surface area contributed by atoms with Gasteiger partial charge in [-0.2, -0.15) is 0 Å². The highest BCUT2D eigenvalue weighted by Crippen LogP contribution is 2.26. The third kappa shape index (κ3) is 1.67. The van der Waals surface area contributed by atoms with Crippen LogP contribution in [0, 0.1) is 6.07 Å². The zero-order valence-electron chi connectivity index (χ0n) is 7.12. The van der Waals surface area contributed by atoms with Crippen molar-refractivity contribution in [3.63, 3.8) is 0 Å². The molecule has 1 unspecified atom stereocenters. The van der Waals surface area contributed by atoms with E-state index in [0.717, 1.165) is 6.61 Å². The fraction of sp³-hybridized carbons (Fsp3) is 0.455. The standard InChI is InChI=1S/C11H13O/c1-2-6-10(7-3-1)11-8-4-5-9-12-11/h2-3,6-7,11H,4-5,8-9H2. The second-order valence-electron chi connectivity index (χ2n) is 3.19. The molecule has 1 heteroatoms. The fourth-order valence-corrected chi connectivity index (χ4v) is 1.62. The Hall–Kier alpha value is -0.820. The first kappa shape index (κ1) is 7.81. The Morgan fingerprint density at radius 2 is 2.08 bits per heavy atom. The predicted octanol–water partition coefficient (Wildman–Crippen LogP) is 2.73. The van der Waals surface area contributed by atoms with Crippen LogP contribution < -0.4 is 0 Å². The van der Waals surface area contributed by atoms with Gasteiger partial charge in [0.1, 0.15) is 0 Å². The lowest BCUT2D eigenvalue weighted by atomic mass is 10.0. The van der Waals surface area contributed by atoms with Crippen LogP contribution in [0.3, 0.4) is 0 Å². The van der Waals surface area contributed by atoms with E-state index < -0.39 is 0 Å². The molecule has 0 amide bonds. The molecular weight excluding hydrogens is 148 g/mol. The normalized spacial score (nSPS) is 23.8. The van der Waals surface area contributed by atoms with Crippen LogP contribution in [-0.2, 0) is 4.74 Å². The van der Waals surface area contributed by atoms with Crippen LogP contribution in [0.5, 0.6) is 0 Å². The van der Waals surface area contributed by atoms with Gasteiger partial charge in [0, 0.05) is 6.61 Å². The average molecular weight is 161 g/mol. The lowest BCUT2D eigenvalue weighted by Gasteiger charge is -2.22. The first-order chi connectivity index (χ1) is 5.97. The summed E-state index contributed by atoms with van der Waals surface area (Å²) in [7, 11) is 0. The van der Waals surface area contributed by atoms with Gasteiger partial charge in [0.05, 0.1) is 6.10 Å². The largest absolute Gasteiger partial charge is 0.374 e. The van der Waals surface area contributed by atoms with Crippen molar-refractivity contribution in [2.45, 2.75) is 25.4 Å². The lowest BCUT2D eigenvalue weighted by Crippen LogP contribution is -2.11. The molecule has 1 atom stereocenters. The molecule has 0 aliphatic carbocycles. The number of ether oxygens (including phenoxy) is 1. The molecule has 0 bridgehead atoms. The second-order valence-corrected chi connectivity index (χ2v) is 3.19. The minimum Gasteiger partial charge on any atom is -0.374 e. The highest BCUT2D eigenvalue weighted by Gasteiger charge is 2.14. The van der Waals surface area contributed by atoms with Gasteiger partial charge in [-0.15, -0.1) is 0 Å².